The Bertz CT molecular complexity index is 831. The lowest BCUT2D eigenvalue weighted by Crippen LogP contribution is -2.39. The number of nitrogens with two attached hydrogens (primary N) is 1. The molecule has 11 nitrogen and oxygen atoms in total. The van der Waals surface area contributed by atoms with Crippen LogP contribution < -0.4 is 5.73 Å². The molecule has 124 valence electrons. The first kappa shape index (κ1) is 15.2. The highest BCUT2D eigenvalue weighted by molar-refractivity contribution is 7.47. The molecule has 2 aliphatic heterocycles. The van der Waals surface area contributed by atoms with Crippen molar-refractivity contribution in [3.05, 3.63) is 11.6 Å². The second-order valence-corrected chi connectivity index (χ2v) is 6.84. The Hall–Kier alpha value is -1.33. The van der Waals surface area contributed by atoms with Crippen LogP contribution in [0.1, 0.15) is 6.23 Å². The van der Waals surface area contributed by atoms with Crippen LogP contribution in [0.25, 0.3) is 11.2 Å². The topological polar surface area (TPSA) is 155 Å². The second-order valence-electron chi connectivity index (χ2n) is 5.09. The van der Waals surface area contributed by atoms with Crippen LogP contribution in [0.2, 0.25) is 5.28 Å². The average molecular weight is 364 g/mol. The molecule has 2 aliphatic rings. The number of nitrogens with zero attached hydrogens (tertiary/aromatic N) is 4. The molecule has 0 amide bonds. The molecule has 4 heterocycles. The van der Waals surface area contributed by atoms with Crippen molar-refractivity contribution in [2.24, 2.45) is 0 Å². The Morgan fingerprint density at radius 2 is 2.26 bits per heavy atom. The predicted octanol–water partition coefficient (Wildman–Crippen LogP) is -0.164. The Labute approximate surface area is 133 Å². The summed E-state index contributed by atoms with van der Waals surface area (Å²) >= 11 is 5.79. The third kappa shape index (κ3) is 2.41. The lowest BCUT2D eigenvalue weighted by atomic mass is 10.1. The summed E-state index contributed by atoms with van der Waals surface area (Å²) in [7, 11) is -4.19. The molecule has 2 unspecified atom stereocenters. The van der Waals surface area contributed by atoms with E-state index >= 15 is 0 Å². The molecule has 2 saturated heterocycles. The molecule has 0 aromatic carbocycles. The van der Waals surface area contributed by atoms with Crippen LogP contribution in [-0.2, 0) is 18.3 Å². The SMILES string of the molecule is Nc1nc(Cl)nc2c1ncn2[C@@H]1O[C@@H]2COP(=O)(O)OC2[C@@H]1O. The minimum Gasteiger partial charge on any atom is -0.386 e. The van der Waals surface area contributed by atoms with Gasteiger partial charge in [-0.3, -0.25) is 13.6 Å². The number of rotatable bonds is 1. The summed E-state index contributed by atoms with van der Waals surface area (Å²) in [6.45, 7) is -0.184. The quantitative estimate of drug-likeness (QED) is 0.459. The number of aliphatic hydroxyl groups is 1. The van der Waals surface area contributed by atoms with E-state index in [2.05, 4.69) is 19.5 Å². The smallest absolute Gasteiger partial charge is 0.386 e. The molecule has 2 aromatic heterocycles. The zero-order valence-electron chi connectivity index (χ0n) is 11.3. The summed E-state index contributed by atoms with van der Waals surface area (Å²) in [6, 6.07) is 0. The third-order valence-electron chi connectivity index (χ3n) is 3.66. The van der Waals surface area contributed by atoms with Gasteiger partial charge >= 0.3 is 7.82 Å². The largest absolute Gasteiger partial charge is 0.472 e. The molecule has 0 bridgehead atoms. The fraction of sp³-hybridized carbons (Fsp3) is 0.500. The lowest BCUT2D eigenvalue weighted by molar-refractivity contribution is -0.0664. The minimum absolute atomic E-state index is 0.0823. The zero-order chi connectivity index (χ0) is 16.4. The van der Waals surface area contributed by atoms with Crippen molar-refractivity contribution >= 4 is 36.4 Å². The van der Waals surface area contributed by atoms with E-state index in [-0.39, 0.29) is 23.4 Å². The summed E-state index contributed by atoms with van der Waals surface area (Å²) in [5, 5.41) is 10.3. The van der Waals surface area contributed by atoms with Gasteiger partial charge < -0.3 is 20.5 Å². The van der Waals surface area contributed by atoms with Gasteiger partial charge in [-0.2, -0.15) is 9.97 Å². The van der Waals surface area contributed by atoms with Crippen LogP contribution in [0.4, 0.5) is 5.82 Å². The first-order valence-corrected chi connectivity index (χ1v) is 8.38. The first-order chi connectivity index (χ1) is 10.9. The molecule has 0 radical (unpaired) electrons. The van der Waals surface area contributed by atoms with Crippen molar-refractivity contribution in [3.8, 4) is 0 Å². The molecule has 23 heavy (non-hydrogen) atoms. The molecule has 0 spiro atoms. The van der Waals surface area contributed by atoms with Crippen LogP contribution in [-0.4, -0.2) is 54.4 Å². The molecule has 5 atom stereocenters. The number of fused-ring (bicyclic) bond motifs is 2. The van der Waals surface area contributed by atoms with Gasteiger partial charge in [0.2, 0.25) is 5.28 Å². The summed E-state index contributed by atoms with van der Waals surface area (Å²) < 4.78 is 28.1. The van der Waals surface area contributed by atoms with E-state index in [1.165, 1.54) is 10.9 Å². The number of ether oxygens (including phenoxy) is 1. The number of phosphoric ester groups is 1. The molecular formula is C10H11ClN5O6P. The van der Waals surface area contributed by atoms with E-state index in [1.807, 2.05) is 0 Å². The third-order valence-corrected chi connectivity index (χ3v) is 4.82. The molecule has 13 heteroatoms. The van der Waals surface area contributed by atoms with E-state index in [4.69, 9.17) is 26.6 Å². The van der Waals surface area contributed by atoms with Crippen molar-refractivity contribution in [1.82, 2.24) is 19.5 Å². The Morgan fingerprint density at radius 1 is 1.48 bits per heavy atom. The normalized spacial score (nSPS) is 37.2. The molecule has 4 rings (SSSR count). The van der Waals surface area contributed by atoms with Crippen molar-refractivity contribution in [1.29, 1.82) is 0 Å². The van der Waals surface area contributed by atoms with E-state index in [9.17, 15) is 14.6 Å². The molecular weight excluding hydrogens is 353 g/mol. The van der Waals surface area contributed by atoms with Gasteiger partial charge in [0, 0.05) is 0 Å². The van der Waals surface area contributed by atoms with E-state index in [0.717, 1.165) is 0 Å². The maximum absolute atomic E-state index is 11.5. The fourth-order valence-electron chi connectivity index (χ4n) is 2.66. The summed E-state index contributed by atoms with van der Waals surface area (Å²) in [5.41, 5.74) is 6.29. The van der Waals surface area contributed by atoms with Gasteiger partial charge in [-0.25, -0.2) is 9.55 Å². The van der Waals surface area contributed by atoms with Crippen LogP contribution in [0, 0.1) is 0 Å². The number of imidazole rings is 1. The minimum atomic E-state index is -4.19. The highest BCUT2D eigenvalue weighted by atomic mass is 35.5. The summed E-state index contributed by atoms with van der Waals surface area (Å²) in [5.74, 6) is 0.0862. The van der Waals surface area contributed by atoms with Crippen molar-refractivity contribution in [2.75, 3.05) is 12.3 Å². The standard InChI is InChI=1S/C10H11ClN5O6P/c11-10-14-7(12)4-8(15-10)16(2-13-4)9-5(17)6-3(21-9)1-20-23(18,19)22-6/h2-3,5-6,9,17H,1H2,(H,18,19)(H2,12,14,15)/t3-,5+,6?,9-/m1/s1. The summed E-state index contributed by atoms with van der Waals surface area (Å²) in [4.78, 5) is 21.3. The van der Waals surface area contributed by atoms with Gasteiger partial charge in [0.1, 0.15) is 23.8 Å². The average Bonchev–Trinajstić information content (AvgIpc) is 3.00. The van der Waals surface area contributed by atoms with Gasteiger partial charge in [-0.15, -0.1) is 0 Å². The fourth-order valence-corrected chi connectivity index (χ4v) is 3.80. The molecule has 0 saturated carbocycles. The monoisotopic (exact) mass is 363 g/mol. The number of hydrogen-bond acceptors (Lipinski definition) is 9. The number of hydrogen-bond donors (Lipinski definition) is 3. The van der Waals surface area contributed by atoms with E-state index in [0.29, 0.717) is 5.52 Å². The second kappa shape index (κ2) is 5.08. The number of aromatic nitrogens is 4. The van der Waals surface area contributed by atoms with Crippen LogP contribution in [0.15, 0.2) is 6.33 Å². The number of anilines is 1. The van der Waals surface area contributed by atoms with Crippen molar-refractivity contribution in [2.45, 2.75) is 24.5 Å². The molecule has 0 aliphatic carbocycles. The maximum atomic E-state index is 11.5. The molecule has 4 N–H and O–H groups in total. The Kier molecular flexibility index (Phi) is 3.36. The molecule has 2 fully saturated rings. The van der Waals surface area contributed by atoms with E-state index < -0.39 is 32.4 Å². The Morgan fingerprint density at radius 3 is 3.04 bits per heavy atom. The molecule has 2 aromatic rings. The van der Waals surface area contributed by atoms with Gasteiger partial charge in [0.05, 0.1) is 12.9 Å². The number of halogens is 1. The Balaban J connectivity index is 1.73. The van der Waals surface area contributed by atoms with E-state index in [1.54, 1.807) is 0 Å². The van der Waals surface area contributed by atoms with Crippen molar-refractivity contribution < 1.29 is 28.3 Å². The number of nitrogen functional groups attached to an aromatic ring is 1. The lowest BCUT2D eigenvalue weighted by Gasteiger charge is -2.27. The van der Waals surface area contributed by atoms with Gasteiger partial charge in [-0.1, -0.05) is 0 Å². The van der Waals surface area contributed by atoms with Gasteiger partial charge in [0.15, 0.2) is 17.7 Å². The summed E-state index contributed by atoms with van der Waals surface area (Å²) in [6.07, 6.45) is -2.57. The number of aliphatic hydroxyl groups excluding tert-OH is 1. The highest BCUT2D eigenvalue weighted by Gasteiger charge is 2.52. The van der Waals surface area contributed by atoms with Gasteiger partial charge in [-0.05, 0) is 11.6 Å². The van der Waals surface area contributed by atoms with Gasteiger partial charge in [0.25, 0.3) is 0 Å². The van der Waals surface area contributed by atoms with Crippen LogP contribution in [0.3, 0.4) is 0 Å². The predicted molar refractivity (Wildman–Crippen MR) is 75.3 cm³/mol. The first-order valence-electron chi connectivity index (χ1n) is 6.50. The van der Waals surface area contributed by atoms with Crippen LogP contribution >= 0.6 is 19.4 Å². The maximum Gasteiger partial charge on any atom is 0.472 e. The zero-order valence-corrected chi connectivity index (χ0v) is 13.0. The number of phosphoric acid groups is 1. The van der Waals surface area contributed by atoms with Crippen molar-refractivity contribution in [3.63, 3.8) is 0 Å². The van der Waals surface area contributed by atoms with Crippen LogP contribution in [0.5, 0.6) is 0 Å². The highest BCUT2D eigenvalue weighted by Crippen LogP contribution is 2.52.